The Morgan fingerprint density at radius 1 is 1.13 bits per heavy atom. The van der Waals surface area contributed by atoms with Crippen molar-refractivity contribution in [3.63, 3.8) is 0 Å². The van der Waals surface area contributed by atoms with Crippen molar-refractivity contribution in [3.8, 4) is 0 Å². The van der Waals surface area contributed by atoms with Gasteiger partial charge in [-0.2, -0.15) is 0 Å². The van der Waals surface area contributed by atoms with Gasteiger partial charge in [-0.1, -0.05) is 0 Å². The molecule has 0 bridgehead atoms. The molecule has 2 unspecified atom stereocenters. The molecular formula is C10H20S2Se3. The first-order valence-electron chi connectivity index (χ1n) is 5.39. The van der Waals surface area contributed by atoms with Crippen molar-refractivity contribution < 1.29 is 0 Å². The maximum atomic E-state index is 4.31. The van der Waals surface area contributed by atoms with Crippen molar-refractivity contribution in [2.24, 2.45) is 0 Å². The summed E-state index contributed by atoms with van der Waals surface area (Å²) in [5, 5.41) is 5.92. The average Bonchev–Trinajstić information content (AvgIpc) is 2.28. The summed E-state index contributed by atoms with van der Waals surface area (Å²) in [6, 6.07) is 0. The van der Waals surface area contributed by atoms with Gasteiger partial charge in [-0.3, -0.25) is 0 Å². The fraction of sp³-hybridized carbons (Fsp3) is 1.00. The minimum atomic E-state index is 0.900. The first-order valence-corrected chi connectivity index (χ1v) is 13.5. The van der Waals surface area contributed by atoms with E-state index in [0.717, 1.165) is 66.0 Å². The van der Waals surface area contributed by atoms with E-state index in [1.54, 1.807) is 17.1 Å². The van der Waals surface area contributed by atoms with E-state index in [2.05, 4.69) is 25.3 Å². The van der Waals surface area contributed by atoms with E-state index in [4.69, 9.17) is 0 Å². The van der Waals surface area contributed by atoms with E-state index in [1.165, 1.54) is 17.1 Å². The zero-order valence-electron chi connectivity index (χ0n) is 8.93. The summed E-state index contributed by atoms with van der Waals surface area (Å²) in [7, 11) is 0. The molecule has 1 rings (SSSR count). The van der Waals surface area contributed by atoms with Crippen LogP contribution in [0, 0.1) is 0 Å². The third-order valence-corrected chi connectivity index (χ3v) is 14.5. The molecule has 1 aliphatic rings. The van der Waals surface area contributed by atoms with Crippen LogP contribution in [0.1, 0.15) is 12.8 Å². The molecule has 1 aliphatic heterocycles. The molecule has 0 aliphatic carbocycles. The molecule has 0 N–H and O–H groups in total. The first-order chi connectivity index (χ1) is 7.36. The topological polar surface area (TPSA) is 0 Å². The fourth-order valence-corrected chi connectivity index (χ4v) is 12.3. The van der Waals surface area contributed by atoms with Gasteiger partial charge in [0.1, 0.15) is 0 Å². The molecule has 90 valence electrons. The van der Waals surface area contributed by atoms with Gasteiger partial charge in [0, 0.05) is 0 Å². The van der Waals surface area contributed by atoms with E-state index < -0.39 is 0 Å². The molecule has 0 amide bonds. The zero-order valence-corrected chi connectivity index (χ0v) is 15.9. The third kappa shape index (κ3) is 7.31. The van der Waals surface area contributed by atoms with Gasteiger partial charge in [0.05, 0.1) is 0 Å². The summed E-state index contributed by atoms with van der Waals surface area (Å²) in [6.07, 6.45) is 3.09. The van der Waals surface area contributed by atoms with Gasteiger partial charge in [-0.05, 0) is 0 Å². The van der Waals surface area contributed by atoms with E-state index in [9.17, 15) is 0 Å². The normalized spacial score (nSPS) is 26.8. The quantitative estimate of drug-likeness (QED) is 0.339. The van der Waals surface area contributed by atoms with Crippen LogP contribution < -0.4 is 0 Å². The zero-order chi connectivity index (χ0) is 10.9. The van der Waals surface area contributed by atoms with Crippen molar-refractivity contribution in [3.05, 3.63) is 0 Å². The van der Waals surface area contributed by atoms with Gasteiger partial charge < -0.3 is 0 Å². The molecule has 0 aromatic carbocycles. The molecule has 1 fully saturated rings. The molecule has 0 saturated carbocycles. The summed E-state index contributed by atoms with van der Waals surface area (Å²) < 4.78 is 0. The Labute approximate surface area is 124 Å². The van der Waals surface area contributed by atoms with Crippen LogP contribution in [0.3, 0.4) is 0 Å². The van der Waals surface area contributed by atoms with Gasteiger partial charge in [-0.25, -0.2) is 0 Å². The maximum absolute atomic E-state index is 4.31. The number of hydrogen-bond acceptors (Lipinski definition) is 2. The Bertz CT molecular complexity index is 150. The summed E-state index contributed by atoms with van der Waals surface area (Å²) in [6.45, 7) is 0. The molecule has 0 spiro atoms. The fourth-order valence-electron chi connectivity index (χ4n) is 1.54. The molecule has 2 atom stereocenters. The molecule has 5 heteroatoms. The predicted molar refractivity (Wildman–Crippen MR) is 80.9 cm³/mol. The van der Waals surface area contributed by atoms with Gasteiger partial charge in [0.25, 0.3) is 0 Å². The summed E-state index contributed by atoms with van der Waals surface area (Å²) in [5.74, 6) is 2.21. The predicted octanol–water partition coefficient (Wildman–Crippen LogP) is 3.00. The Kier molecular flexibility index (Phi) is 10.4. The van der Waals surface area contributed by atoms with Gasteiger partial charge in [-0.15, -0.1) is 0 Å². The molecule has 15 heavy (non-hydrogen) atoms. The first kappa shape index (κ1) is 15.3. The second-order valence-corrected chi connectivity index (χ2v) is 12.6. The monoisotopic (exact) mass is 444 g/mol. The van der Waals surface area contributed by atoms with Crippen LogP contribution in [-0.4, -0.2) is 56.4 Å². The number of hydrogen-bond donors (Lipinski definition) is 2. The standard InChI is InChI=1S/C10H20S2Se3/c11-3-5-13-7-9-1-2-10(8-15-9)14-6-4-12/h9-12H,1-8H2. The summed E-state index contributed by atoms with van der Waals surface area (Å²) in [4.78, 5) is 2.26. The molecule has 0 radical (unpaired) electrons. The van der Waals surface area contributed by atoms with E-state index in [0.29, 0.717) is 0 Å². The number of thiol groups is 2. The second kappa shape index (κ2) is 10.2. The average molecular weight is 441 g/mol. The minimum absolute atomic E-state index is 0.900. The van der Waals surface area contributed by atoms with Crippen LogP contribution in [0.5, 0.6) is 0 Å². The van der Waals surface area contributed by atoms with Crippen LogP contribution in [-0.2, 0) is 0 Å². The van der Waals surface area contributed by atoms with Gasteiger partial charge >= 0.3 is 125 Å². The van der Waals surface area contributed by atoms with Crippen LogP contribution in [0.4, 0.5) is 0 Å². The third-order valence-electron chi connectivity index (χ3n) is 2.31. The van der Waals surface area contributed by atoms with Crippen molar-refractivity contribution in [2.45, 2.75) is 43.8 Å². The van der Waals surface area contributed by atoms with Gasteiger partial charge in [0.2, 0.25) is 0 Å². The van der Waals surface area contributed by atoms with E-state index >= 15 is 0 Å². The van der Waals surface area contributed by atoms with E-state index in [-0.39, 0.29) is 0 Å². The second-order valence-electron chi connectivity index (χ2n) is 3.55. The Morgan fingerprint density at radius 2 is 1.93 bits per heavy atom. The van der Waals surface area contributed by atoms with E-state index in [1.807, 2.05) is 0 Å². The van der Waals surface area contributed by atoms with Crippen LogP contribution in [0.15, 0.2) is 0 Å². The van der Waals surface area contributed by atoms with Crippen LogP contribution in [0.25, 0.3) is 0 Å². The molecule has 0 aromatic heterocycles. The molecule has 1 heterocycles. The summed E-state index contributed by atoms with van der Waals surface area (Å²) in [5.41, 5.74) is 0. The van der Waals surface area contributed by atoms with Crippen LogP contribution >= 0.6 is 25.3 Å². The molecule has 0 aromatic rings. The Balaban J connectivity index is 2.02. The van der Waals surface area contributed by atoms with Crippen molar-refractivity contribution in [2.75, 3.05) is 11.5 Å². The van der Waals surface area contributed by atoms with Crippen molar-refractivity contribution in [1.29, 1.82) is 0 Å². The summed E-state index contributed by atoms with van der Waals surface area (Å²) >= 11 is 11.4. The molecule has 1 saturated heterocycles. The number of rotatable bonds is 7. The SMILES string of the molecule is SCC[Se]CC1CCC([Se]CCS)C[Se]1. The Morgan fingerprint density at radius 3 is 2.53 bits per heavy atom. The van der Waals surface area contributed by atoms with Crippen molar-refractivity contribution in [1.82, 2.24) is 0 Å². The van der Waals surface area contributed by atoms with Gasteiger partial charge in [0.15, 0.2) is 0 Å². The van der Waals surface area contributed by atoms with Crippen molar-refractivity contribution >= 4 is 70.1 Å². The molecular weight excluding hydrogens is 421 g/mol. The Hall–Kier alpha value is 2.26. The molecule has 0 nitrogen and oxygen atoms in total. The van der Waals surface area contributed by atoms with Crippen LogP contribution in [0.2, 0.25) is 30.9 Å².